The second-order valence-electron chi connectivity index (χ2n) is 4.70. The van der Waals surface area contributed by atoms with Crippen LogP contribution >= 0.6 is 15.9 Å². The molecule has 1 rings (SSSR count). The summed E-state index contributed by atoms with van der Waals surface area (Å²) < 4.78 is 29.4. The second kappa shape index (κ2) is 7.69. The van der Waals surface area contributed by atoms with Gasteiger partial charge in [-0.1, -0.05) is 6.07 Å². The number of aliphatic imine (C=N–C) groups is 1. The maximum absolute atomic E-state index is 12.0. The number of pyridine rings is 1. The van der Waals surface area contributed by atoms with Crippen LogP contribution in [0.5, 0.6) is 0 Å². The number of nitrogens with two attached hydrogens (primary N) is 1. The molecule has 1 aromatic rings. The Morgan fingerprint density at radius 1 is 1.57 bits per heavy atom. The van der Waals surface area contributed by atoms with E-state index < -0.39 is 23.0 Å². The molecule has 0 spiro atoms. The van der Waals surface area contributed by atoms with E-state index in [1.807, 2.05) is 32.0 Å². The Bertz CT molecular complexity index is 601. The van der Waals surface area contributed by atoms with Crippen LogP contribution in [0.2, 0.25) is 0 Å². The fourth-order valence-corrected chi connectivity index (χ4v) is 2.47. The van der Waals surface area contributed by atoms with Gasteiger partial charge in [0, 0.05) is 7.05 Å². The molecular formula is C12H19BrFN5OS. The monoisotopic (exact) mass is 379 g/mol. The normalized spacial score (nSPS) is 14.2. The van der Waals surface area contributed by atoms with Crippen LogP contribution in [-0.2, 0) is 16.3 Å². The van der Waals surface area contributed by atoms with E-state index in [9.17, 15) is 8.60 Å². The summed E-state index contributed by atoms with van der Waals surface area (Å²) in [5.74, 6) is 0.0606. The molecule has 0 amide bonds. The van der Waals surface area contributed by atoms with Crippen molar-refractivity contribution in [2.45, 2.75) is 19.4 Å². The van der Waals surface area contributed by atoms with Gasteiger partial charge < -0.3 is 5.73 Å². The first-order valence-corrected chi connectivity index (χ1v) is 8.16. The molecule has 1 heterocycles. The Labute approximate surface area is 134 Å². The number of aromatic nitrogens is 1. The smallest absolute Gasteiger partial charge is 0.204 e. The average molecular weight is 380 g/mol. The minimum Gasteiger partial charge on any atom is -0.369 e. The summed E-state index contributed by atoms with van der Waals surface area (Å²) >= 11 is 3.30. The number of hydrogen-bond acceptors (Lipinski definition) is 4. The van der Waals surface area contributed by atoms with Crippen molar-refractivity contribution in [2.24, 2.45) is 15.1 Å². The molecule has 1 unspecified atom stereocenters. The van der Waals surface area contributed by atoms with Crippen molar-refractivity contribution in [2.75, 3.05) is 20.3 Å². The van der Waals surface area contributed by atoms with Gasteiger partial charge in [0.1, 0.15) is 27.6 Å². The zero-order valence-corrected chi connectivity index (χ0v) is 14.6. The average Bonchev–Trinajstić information content (AvgIpc) is 2.43. The van der Waals surface area contributed by atoms with Gasteiger partial charge in [0.25, 0.3) is 0 Å². The van der Waals surface area contributed by atoms with E-state index in [4.69, 9.17) is 5.73 Å². The van der Waals surface area contributed by atoms with E-state index >= 15 is 0 Å². The van der Waals surface area contributed by atoms with Gasteiger partial charge >= 0.3 is 0 Å². The van der Waals surface area contributed by atoms with Crippen molar-refractivity contribution < 1.29 is 8.60 Å². The zero-order valence-electron chi connectivity index (χ0n) is 12.1. The highest BCUT2D eigenvalue weighted by Gasteiger charge is 2.22. The zero-order chi connectivity index (χ0) is 16.0. The number of alkyl halides is 1. The van der Waals surface area contributed by atoms with Crippen LogP contribution in [0.4, 0.5) is 4.39 Å². The van der Waals surface area contributed by atoms with Gasteiger partial charge in [-0.2, -0.15) is 0 Å². The molecule has 0 aliphatic heterocycles. The van der Waals surface area contributed by atoms with Gasteiger partial charge in [-0.15, -0.1) is 0 Å². The highest BCUT2D eigenvalue weighted by atomic mass is 79.9. The topological polar surface area (TPSA) is 83.9 Å². The van der Waals surface area contributed by atoms with Crippen LogP contribution in [0.15, 0.2) is 32.2 Å². The van der Waals surface area contributed by atoms with Crippen LogP contribution in [0, 0.1) is 0 Å². The van der Waals surface area contributed by atoms with Gasteiger partial charge in [0.2, 0.25) is 5.96 Å². The third kappa shape index (κ3) is 5.24. The van der Waals surface area contributed by atoms with Crippen LogP contribution in [0.1, 0.15) is 19.5 Å². The van der Waals surface area contributed by atoms with E-state index in [0.29, 0.717) is 10.3 Å². The molecule has 1 aromatic heterocycles. The lowest BCUT2D eigenvalue weighted by Gasteiger charge is -2.22. The van der Waals surface area contributed by atoms with Crippen molar-refractivity contribution in [3.05, 3.63) is 28.5 Å². The Hall–Kier alpha value is -1.22. The first kappa shape index (κ1) is 17.8. The Balaban J connectivity index is 3.01. The summed E-state index contributed by atoms with van der Waals surface area (Å²) in [6, 6.07) is 5.49. The third-order valence-electron chi connectivity index (χ3n) is 2.63. The van der Waals surface area contributed by atoms with Crippen LogP contribution < -0.4 is 5.73 Å². The second-order valence-corrected chi connectivity index (χ2v) is 6.91. The summed E-state index contributed by atoms with van der Waals surface area (Å²) in [5, 5.41) is 0. The van der Waals surface area contributed by atoms with E-state index in [2.05, 4.69) is 30.3 Å². The fraction of sp³-hybridized carbons (Fsp3) is 0.500. The first-order valence-electron chi connectivity index (χ1n) is 6.20. The minimum atomic E-state index is -2.13. The number of nitrogens with zero attached hydrogens (tertiary/aromatic N) is 4. The molecule has 0 aliphatic carbocycles. The molecule has 9 heteroatoms. The number of halogens is 2. The molecule has 0 fully saturated rings. The lowest BCUT2D eigenvalue weighted by atomic mass is 10.0. The van der Waals surface area contributed by atoms with Gasteiger partial charge in [0.15, 0.2) is 0 Å². The van der Waals surface area contributed by atoms with Gasteiger partial charge in [-0.05, 0) is 41.9 Å². The molecule has 0 saturated carbocycles. The molecule has 1 atom stereocenters. The third-order valence-corrected chi connectivity index (χ3v) is 4.23. The van der Waals surface area contributed by atoms with Gasteiger partial charge in [0.05, 0.1) is 12.2 Å². The van der Waals surface area contributed by atoms with Crippen LogP contribution in [0.25, 0.3) is 0 Å². The lowest BCUT2D eigenvalue weighted by molar-refractivity contribution is 0.504. The Morgan fingerprint density at radius 2 is 2.24 bits per heavy atom. The maximum atomic E-state index is 12.0. The largest absolute Gasteiger partial charge is 0.369 e. The SMILES string of the molecule is CN(/C(N)=N\C(C)(C)c1cccc(Br)n1)/[SH](=O)=N\CCF. The maximum Gasteiger partial charge on any atom is 0.204 e. The van der Waals surface area contributed by atoms with Gasteiger partial charge in [-0.25, -0.2) is 22.9 Å². The first-order chi connectivity index (χ1) is 9.77. The van der Waals surface area contributed by atoms with Crippen molar-refractivity contribution in [1.29, 1.82) is 0 Å². The van der Waals surface area contributed by atoms with E-state index in [-0.39, 0.29) is 12.5 Å². The highest BCUT2D eigenvalue weighted by molar-refractivity contribution is 9.10. The summed E-state index contributed by atoms with van der Waals surface area (Å²) in [7, 11) is -0.629. The number of guanidine groups is 1. The summed E-state index contributed by atoms with van der Waals surface area (Å²) in [6.07, 6.45) is 0. The van der Waals surface area contributed by atoms with E-state index in [1.165, 1.54) is 11.4 Å². The van der Waals surface area contributed by atoms with Crippen molar-refractivity contribution in [1.82, 2.24) is 9.29 Å². The van der Waals surface area contributed by atoms with Crippen molar-refractivity contribution in [3.8, 4) is 0 Å². The van der Waals surface area contributed by atoms with E-state index in [1.54, 1.807) is 0 Å². The van der Waals surface area contributed by atoms with Crippen molar-refractivity contribution >= 4 is 32.7 Å². The number of hydrogen-bond donors (Lipinski definition) is 2. The number of rotatable bonds is 5. The fourth-order valence-electron chi connectivity index (χ4n) is 1.47. The summed E-state index contributed by atoms with van der Waals surface area (Å²) in [5.41, 5.74) is 5.87. The summed E-state index contributed by atoms with van der Waals surface area (Å²) in [6.45, 7) is 2.91. The Morgan fingerprint density at radius 3 is 2.81 bits per heavy atom. The standard InChI is InChI=1S/C12H19BrFN5OS/c1-12(2,9-5-4-6-10(13)17-9)18-11(15)19(3)21(20)16-8-7-14/h4-6,21H,7-8H2,1-3H3,(H2,15,18). The number of thiol groups is 1. The molecule has 118 valence electrons. The summed E-state index contributed by atoms with van der Waals surface area (Å²) in [4.78, 5) is 8.69. The molecule has 0 aromatic carbocycles. The molecule has 0 bridgehead atoms. The molecule has 0 radical (unpaired) electrons. The van der Waals surface area contributed by atoms with Gasteiger partial charge in [-0.3, -0.25) is 4.31 Å². The minimum absolute atomic E-state index is 0.0606. The Kier molecular flexibility index (Phi) is 6.53. The highest BCUT2D eigenvalue weighted by Crippen LogP contribution is 2.24. The van der Waals surface area contributed by atoms with E-state index in [0.717, 1.165) is 0 Å². The molecule has 0 aliphatic rings. The quantitative estimate of drug-likeness (QED) is 0.354. The molecular weight excluding hydrogens is 361 g/mol. The molecule has 2 N–H and O–H groups in total. The predicted octanol–water partition coefficient (Wildman–Crippen LogP) is 1.87. The van der Waals surface area contributed by atoms with Crippen LogP contribution in [-0.4, -0.2) is 39.7 Å². The molecule has 21 heavy (non-hydrogen) atoms. The predicted molar refractivity (Wildman–Crippen MR) is 87.2 cm³/mol. The molecule has 0 saturated heterocycles. The molecule has 6 nitrogen and oxygen atoms in total. The van der Waals surface area contributed by atoms with Crippen molar-refractivity contribution in [3.63, 3.8) is 0 Å². The van der Waals surface area contributed by atoms with Crippen LogP contribution in [0.3, 0.4) is 0 Å². The lowest BCUT2D eigenvalue weighted by Crippen LogP contribution is -2.35.